The Hall–Kier alpha value is -2.63. The summed E-state index contributed by atoms with van der Waals surface area (Å²) in [6.07, 6.45) is 0.176. The van der Waals surface area contributed by atoms with Crippen LogP contribution >= 0.6 is 0 Å². The maximum absolute atomic E-state index is 12.4. The summed E-state index contributed by atoms with van der Waals surface area (Å²) in [4.78, 5) is 26.4. The zero-order valence-electron chi connectivity index (χ0n) is 17.0. The number of rotatable bonds is 7. The monoisotopic (exact) mass is 371 g/mol. The Morgan fingerprint density at radius 2 is 1.74 bits per heavy atom. The Balaban J connectivity index is 2.24. The van der Waals surface area contributed by atoms with Crippen molar-refractivity contribution in [2.24, 2.45) is 0 Å². The van der Waals surface area contributed by atoms with Crippen LogP contribution in [-0.2, 0) is 9.59 Å². The molecule has 0 aliphatic heterocycles. The first-order valence-electron chi connectivity index (χ1n) is 9.34. The predicted molar refractivity (Wildman–Crippen MR) is 107 cm³/mol. The minimum absolute atomic E-state index is 0.0740. The highest BCUT2D eigenvalue weighted by Crippen LogP contribution is 2.35. The molecule has 0 unspecified atom stereocenters. The third kappa shape index (κ3) is 5.18. The minimum Gasteiger partial charge on any atom is -0.360 e. The highest BCUT2D eigenvalue weighted by molar-refractivity contribution is 5.95. The molecule has 0 fully saturated rings. The van der Waals surface area contributed by atoms with Crippen LogP contribution in [0.1, 0.15) is 69.8 Å². The van der Waals surface area contributed by atoms with Gasteiger partial charge in [0.05, 0.1) is 5.69 Å². The lowest BCUT2D eigenvalue weighted by atomic mass is 9.91. The van der Waals surface area contributed by atoms with Crippen LogP contribution in [0, 0.1) is 6.92 Å². The quantitative estimate of drug-likeness (QED) is 0.771. The Morgan fingerprint density at radius 1 is 1.15 bits per heavy atom. The lowest BCUT2D eigenvalue weighted by Gasteiger charge is -2.29. The van der Waals surface area contributed by atoms with Crippen LogP contribution < -0.4 is 10.2 Å². The second-order valence-electron chi connectivity index (χ2n) is 7.39. The fourth-order valence-electron chi connectivity index (χ4n) is 3.09. The summed E-state index contributed by atoms with van der Waals surface area (Å²) in [7, 11) is 0. The lowest BCUT2D eigenvalue weighted by Crippen LogP contribution is -2.34. The van der Waals surface area contributed by atoms with E-state index >= 15 is 0 Å². The first kappa shape index (κ1) is 20.7. The van der Waals surface area contributed by atoms with Crippen LogP contribution in [0.25, 0.3) is 0 Å². The molecule has 2 aromatic rings. The molecule has 146 valence electrons. The molecule has 2 rings (SSSR count). The van der Waals surface area contributed by atoms with Gasteiger partial charge >= 0.3 is 0 Å². The standard InChI is InChI=1S/C21H29N3O3/c1-13(2)17-8-7-9-18(14(3)4)21(17)24(16(6)25)11-10-20(26)22-19-12-15(5)27-23-19/h7-9,12-14H,10-11H2,1-6H3,(H,22,23,26). The van der Waals surface area contributed by atoms with Crippen molar-refractivity contribution in [3.8, 4) is 0 Å². The highest BCUT2D eigenvalue weighted by Gasteiger charge is 2.22. The van der Waals surface area contributed by atoms with Crippen molar-refractivity contribution in [3.05, 3.63) is 41.2 Å². The topological polar surface area (TPSA) is 75.4 Å². The van der Waals surface area contributed by atoms with Crippen LogP contribution in [0.4, 0.5) is 11.5 Å². The number of aromatic nitrogens is 1. The zero-order chi connectivity index (χ0) is 20.1. The van der Waals surface area contributed by atoms with Crippen molar-refractivity contribution >= 4 is 23.3 Å². The van der Waals surface area contributed by atoms with Crippen molar-refractivity contribution in [2.45, 2.75) is 59.8 Å². The number of para-hydroxylation sites is 1. The van der Waals surface area contributed by atoms with Crippen LogP contribution in [0.5, 0.6) is 0 Å². The molecule has 0 aliphatic carbocycles. The molecule has 0 saturated heterocycles. The second-order valence-corrected chi connectivity index (χ2v) is 7.39. The van der Waals surface area contributed by atoms with Gasteiger partial charge in [-0.3, -0.25) is 9.59 Å². The molecule has 1 aromatic heterocycles. The molecule has 6 heteroatoms. The third-order valence-electron chi connectivity index (χ3n) is 4.45. The van der Waals surface area contributed by atoms with E-state index in [2.05, 4.69) is 50.3 Å². The van der Waals surface area contributed by atoms with Crippen LogP contribution in [0.3, 0.4) is 0 Å². The third-order valence-corrected chi connectivity index (χ3v) is 4.45. The van der Waals surface area contributed by atoms with Gasteiger partial charge in [0.2, 0.25) is 11.8 Å². The molecule has 0 aliphatic rings. The van der Waals surface area contributed by atoms with Gasteiger partial charge in [-0.15, -0.1) is 0 Å². The summed E-state index contributed by atoms with van der Waals surface area (Å²) in [6.45, 7) is 12.1. The summed E-state index contributed by atoms with van der Waals surface area (Å²) in [5, 5.41) is 6.46. The minimum atomic E-state index is -0.206. The van der Waals surface area contributed by atoms with E-state index < -0.39 is 0 Å². The van der Waals surface area contributed by atoms with Gasteiger partial charge in [-0.2, -0.15) is 0 Å². The predicted octanol–water partition coefficient (Wildman–Crippen LogP) is 4.61. The van der Waals surface area contributed by atoms with E-state index in [1.54, 1.807) is 24.8 Å². The van der Waals surface area contributed by atoms with Crippen LogP contribution in [0.15, 0.2) is 28.8 Å². The smallest absolute Gasteiger partial charge is 0.227 e. The molecule has 27 heavy (non-hydrogen) atoms. The number of amides is 2. The first-order valence-corrected chi connectivity index (χ1v) is 9.34. The van der Waals surface area contributed by atoms with Crippen molar-refractivity contribution in [2.75, 3.05) is 16.8 Å². The average molecular weight is 371 g/mol. The maximum atomic E-state index is 12.4. The fourth-order valence-corrected chi connectivity index (χ4v) is 3.09. The molecule has 0 atom stereocenters. The summed E-state index contributed by atoms with van der Waals surface area (Å²) in [5.41, 5.74) is 3.16. The van der Waals surface area contributed by atoms with E-state index in [9.17, 15) is 9.59 Å². The molecule has 2 amide bonds. The summed E-state index contributed by atoms with van der Waals surface area (Å²) in [5.74, 6) is 1.28. The largest absolute Gasteiger partial charge is 0.360 e. The summed E-state index contributed by atoms with van der Waals surface area (Å²) in [6, 6.07) is 7.80. The van der Waals surface area contributed by atoms with Crippen molar-refractivity contribution in [1.29, 1.82) is 0 Å². The van der Waals surface area contributed by atoms with Gasteiger partial charge in [-0.25, -0.2) is 0 Å². The average Bonchev–Trinajstić information content (AvgIpc) is 2.99. The lowest BCUT2D eigenvalue weighted by molar-refractivity contribution is -0.117. The maximum Gasteiger partial charge on any atom is 0.227 e. The van der Waals surface area contributed by atoms with Gasteiger partial charge < -0.3 is 14.7 Å². The number of carbonyl (C=O) groups excluding carboxylic acids is 2. The van der Waals surface area contributed by atoms with Gasteiger partial charge in [0.15, 0.2) is 5.82 Å². The van der Waals surface area contributed by atoms with Crippen molar-refractivity contribution < 1.29 is 14.1 Å². The van der Waals surface area contributed by atoms with Gasteiger partial charge in [0.1, 0.15) is 5.76 Å². The number of hydrogen-bond acceptors (Lipinski definition) is 4. The van der Waals surface area contributed by atoms with Gasteiger partial charge in [-0.05, 0) is 29.9 Å². The summed E-state index contributed by atoms with van der Waals surface area (Å²) < 4.78 is 4.95. The SMILES string of the molecule is CC(=O)N(CCC(=O)Nc1cc(C)on1)c1c(C(C)C)cccc1C(C)C. The van der Waals surface area contributed by atoms with E-state index in [1.165, 1.54) is 0 Å². The molecule has 6 nitrogen and oxygen atoms in total. The van der Waals surface area contributed by atoms with Crippen molar-refractivity contribution in [1.82, 2.24) is 5.16 Å². The van der Waals surface area contributed by atoms with Crippen LogP contribution in [-0.4, -0.2) is 23.5 Å². The molecule has 1 heterocycles. The molecule has 0 saturated carbocycles. The normalized spacial score (nSPS) is 11.1. The molecule has 0 spiro atoms. The van der Waals surface area contributed by atoms with E-state index in [4.69, 9.17) is 4.52 Å². The number of carbonyl (C=O) groups is 2. The van der Waals surface area contributed by atoms with Gasteiger partial charge in [0.25, 0.3) is 0 Å². The molecule has 0 radical (unpaired) electrons. The second kappa shape index (κ2) is 8.84. The Morgan fingerprint density at radius 3 is 2.19 bits per heavy atom. The first-order chi connectivity index (χ1) is 12.7. The Kier molecular flexibility index (Phi) is 6.77. The number of hydrogen-bond donors (Lipinski definition) is 1. The Labute approximate surface area is 160 Å². The highest BCUT2D eigenvalue weighted by atomic mass is 16.5. The molecule has 1 N–H and O–H groups in total. The van der Waals surface area contributed by atoms with E-state index in [1.807, 2.05) is 6.07 Å². The Bertz CT molecular complexity index is 783. The number of nitrogens with zero attached hydrogens (tertiary/aromatic N) is 2. The molecule has 1 aromatic carbocycles. The number of aryl methyl sites for hydroxylation is 1. The fraction of sp³-hybridized carbons (Fsp3) is 0.476. The van der Waals surface area contributed by atoms with Gasteiger partial charge in [-0.1, -0.05) is 51.1 Å². The number of nitrogens with one attached hydrogen (secondary N) is 1. The van der Waals surface area contributed by atoms with Crippen molar-refractivity contribution in [3.63, 3.8) is 0 Å². The van der Waals surface area contributed by atoms with Gasteiger partial charge in [0, 0.05) is 26.0 Å². The van der Waals surface area contributed by atoms with E-state index in [0.29, 0.717) is 18.1 Å². The molecular weight excluding hydrogens is 342 g/mol. The molecular formula is C21H29N3O3. The van der Waals surface area contributed by atoms with E-state index in [0.717, 1.165) is 16.8 Å². The zero-order valence-corrected chi connectivity index (χ0v) is 17.0. The molecule has 0 bridgehead atoms. The van der Waals surface area contributed by atoms with E-state index in [-0.39, 0.29) is 30.1 Å². The van der Waals surface area contributed by atoms with Crippen LogP contribution in [0.2, 0.25) is 0 Å². The number of anilines is 2. The summed E-state index contributed by atoms with van der Waals surface area (Å²) >= 11 is 0. The number of benzene rings is 1.